The van der Waals surface area contributed by atoms with E-state index in [9.17, 15) is 0 Å². The van der Waals surface area contributed by atoms with Crippen LogP contribution in [-0.2, 0) is 11.3 Å². The molecule has 0 fully saturated rings. The first-order chi connectivity index (χ1) is 8.15. The van der Waals surface area contributed by atoms with E-state index in [4.69, 9.17) is 4.74 Å². The second kappa shape index (κ2) is 7.30. The van der Waals surface area contributed by atoms with E-state index in [1.54, 1.807) is 7.11 Å². The van der Waals surface area contributed by atoms with Crippen molar-refractivity contribution in [2.75, 3.05) is 33.1 Å². The van der Waals surface area contributed by atoms with Crippen molar-refractivity contribution >= 4 is 5.69 Å². The van der Waals surface area contributed by atoms with Crippen molar-refractivity contribution in [2.45, 2.75) is 25.9 Å². The highest BCUT2D eigenvalue weighted by atomic mass is 16.5. The fraction of sp³-hybridized carbons (Fsp3) is 0.571. The quantitative estimate of drug-likeness (QED) is 0.787. The summed E-state index contributed by atoms with van der Waals surface area (Å²) >= 11 is 0. The van der Waals surface area contributed by atoms with E-state index in [0.717, 1.165) is 19.6 Å². The molecule has 3 nitrogen and oxygen atoms in total. The third-order valence-electron chi connectivity index (χ3n) is 2.66. The van der Waals surface area contributed by atoms with Crippen LogP contribution in [0.4, 0.5) is 5.69 Å². The van der Waals surface area contributed by atoms with Gasteiger partial charge in [-0.1, -0.05) is 19.1 Å². The molecule has 0 aliphatic rings. The van der Waals surface area contributed by atoms with E-state index in [1.807, 2.05) is 0 Å². The van der Waals surface area contributed by atoms with Gasteiger partial charge in [0.2, 0.25) is 0 Å². The van der Waals surface area contributed by atoms with Crippen LogP contribution in [0, 0.1) is 0 Å². The van der Waals surface area contributed by atoms with Gasteiger partial charge in [-0.2, -0.15) is 0 Å². The Morgan fingerprint density at radius 1 is 1.35 bits per heavy atom. The number of benzene rings is 1. The summed E-state index contributed by atoms with van der Waals surface area (Å²) < 4.78 is 5.19. The monoisotopic (exact) mass is 236 g/mol. The zero-order valence-electron chi connectivity index (χ0n) is 11.4. The van der Waals surface area contributed by atoms with Crippen LogP contribution in [0.2, 0.25) is 0 Å². The maximum atomic E-state index is 5.19. The number of hydrogen-bond donors (Lipinski definition) is 1. The molecule has 1 aromatic carbocycles. The third kappa shape index (κ3) is 5.20. The molecule has 1 aromatic rings. The van der Waals surface area contributed by atoms with Gasteiger partial charge in [0, 0.05) is 25.4 Å². The standard InChI is InChI=1S/C14H24N2O/c1-5-13(11-17-4)15-14-8-6-7-12(9-14)10-16(2)3/h6-9,13,15H,5,10-11H2,1-4H3. The van der Waals surface area contributed by atoms with E-state index in [0.29, 0.717) is 6.04 Å². The smallest absolute Gasteiger partial charge is 0.0663 e. The number of methoxy groups -OCH3 is 1. The molecule has 17 heavy (non-hydrogen) atoms. The lowest BCUT2D eigenvalue weighted by molar-refractivity contribution is 0.184. The fourth-order valence-electron chi connectivity index (χ4n) is 1.82. The number of anilines is 1. The summed E-state index contributed by atoms with van der Waals surface area (Å²) in [4.78, 5) is 2.17. The lowest BCUT2D eigenvalue weighted by atomic mass is 10.1. The van der Waals surface area contributed by atoms with Crippen LogP contribution < -0.4 is 5.32 Å². The molecule has 0 spiro atoms. The Kier molecular flexibility index (Phi) is 6.01. The minimum Gasteiger partial charge on any atom is -0.383 e. The molecule has 0 saturated carbocycles. The van der Waals surface area contributed by atoms with E-state index in [-0.39, 0.29) is 0 Å². The van der Waals surface area contributed by atoms with Crippen LogP contribution in [0.25, 0.3) is 0 Å². The van der Waals surface area contributed by atoms with Gasteiger partial charge in [0.15, 0.2) is 0 Å². The van der Waals surface area contributed by atoms with Gasteiger partial charge < -0.3 is 15.0 Å². The average Bonchev–Trinajstić information content (AvgIpc) is 2.28. The maximum Gasteiger partial charge on any atom is 0.0663 e. The van der Waals surface area contributed by atoms with Gasteiger partial charge in [0.05, 0.1) is 6.61 Å². The molecular formula is C14H24N2O. The normalized spacial score (nSPS) is 12.8. The van der Waals surface area contributed by atoms with Crippen LogP contribution in [0.15, 0.2) is 24.3 Å². The summed E-state index contributed by atoms with van der Waals surface area (Å²) in [7, 11) is 5.91. The molecule has 3 heteroatoms. The number of nitrogens with one attached hydrogen (secondary N) is 1. The van der Waals surface area contributed by atoms with E-state index >= 15 is 0 Å². The summed E-state index contributed by atoms with van der Waals surface area (Å²) in [5.41, 5.74) is 2.50. The van der Waals surface area contributed by atoms with Crippen LogP contribution in [0.1, 0.15) is 18.9 Å². The van der Waals surface area contributed by atoms with Crippen molar-refractivity contribution in [3.63, 3.8) is 0 Å². The predicted molar refractivity (Wildman–Crippen MR) is 73.4 cm³/mol. The van der Waals surface area contributed by atoms with Crippen molar-refractivity contribution in [2.24, 2.45) is 0 Å². The van der Waals surface area contributed by atoms with Gasteiger partial charge in [-0.3, -0.25) is 0 Å². The molecule has 0 amide bonds. The Hall–Kier alpha value is -1.06. The molecular weight excluding hydrogens is 212 g/mol. The number of ether oxygens (including phenoxy) is 1. The predicted octanol–water partition coefficient (Wildman–Crippen LogP) is 2.59. The maximum absolute atomic E-state index is 5.19. The van der Waals surface area contributed by atoms with Gasteiger partial charge in [0.25, 0.3) is 0 Å². The minimum absolute atomic E-state index is 0.384. The molecule has 0 aliphatic heterocycles. The molecule has 0 aromatic heterocycles. The minimum atomic E-state index is 0.384. The van der Waals surface area contributed by atoms with Gasteiger partial charge in [-0.25, -0.2) is 0 Å². The van der Waals surface area contributed by atoms with Crippen molar-refractivity contribution in [1.82, 2.24) is 4.90 Å². The fourth-order valence-corrected chi connectivity index (χ4v) is 1.82. The van der Waals surface area contributed by atoms with Gasteiger partial charge in [0.1, 0.15) is 0 Å². The molecule has 96 valence electrons. The zero-order valence-corrected chi connectivity index (χ0v) is 11.4. The summed E-state index contributed by atoms with van der Waals surface area (Å²) in [5, 5.41) is 3.50. The van der Waals surface area contributed by atoms with Crippen molar-refractivity contribution in [3.8, 4) is 0 Å². The first kappa shape index (κ1) is 14.0. The second-order valence-corrected chi connectivity index (χ2v) is 4.64. The molecule has 0 bridgehead atoms. The number of nitrogens with zero attached hydrogens (tertiary/aromatic N) is 1. The molecule has 1 N–H and O–H groups in total. The molecule has 0 aliphatic carbocycles. The van der Waals surface area contributed by atoms with Crippen LogP contribution in [-0.4, -0.2) is 38.8 Å². The number of rotatable bonds is 7. The van der Waals surface area contributed by atoms with E-state index in [1.165, 1.54) is 11.3 Å². The van der Waals surface area contributed by atoms with E-state index < -0.39 is 0 Å². The molecule has 0 radical (unpaired) electrons. The van der Waals surface area contributed by atoms with Gasteiger partial charge in [-0.15, -0.1) is 0 Å². The van der Waals surface area contributed by atoms with Crippen LogP contribution >= 0.6 is 0 Å². The topological polar surface area (TPSA) is 24.5 Å². The Labute approximate surface area is 105 Å². The highest BCUT2D eigenvalue weighted by molar-refractivity contribution is 5.46. The molecule has 1 unspecified atom stereocenters. The number of hydrogen-bond acceptors (Lipinski definition) is 3. The first-order valence-corrected chi connectivity index (χ1v) is 6.14. The summed E-state index contributed by atoms with van der Waals surface area (Å²) in [6.45, 7) is 3.88. The molecule has 0 saturated heterocycles. The SMILES string of the molecule is CCC(COC)Nc1cccc(CN(C)C)c1. The molecule has 1 rings (SSSR count). The zero-order chi connectivity index (χ0) is 12.7. The van der Waals surface area contributed by atoms with E-state index in [2.05, 4.69) is 55.5 Å². The summed E-state index contributed by atoms with van der Waals surface area (Å²) in [6, 6.07) is 8.95. The summed E-state index contributed by atoms with van der Waals surface area (Å²) in [6.07, 6.45) is 1.06. The average molecular weight is 236 g/mol. The first-order valence-electron chi connectivity index (χ1n) is 6.14. The van der Waals surface area contributed by atoms with Crippen molar-refractivity contribution < 1.29 is 4.74 Å². The largest absolute Gasteiger partial charge is 0.383 e. The Morgan fingerprint density at radius 2 is 2.12 bits per heavy atom. The van der Waals surface area contributed by atoms with Crippen LogP contribution in [0.3, 0.4) is 0 Å². The molecule has 0 heterocycles. The second-order valence-electron chi connectivity index (χ2n) is 4.64. The van der Waals surface area contributed by atoms with Crippen LogP contribution in [0.5, 0.6) is 0 Å². The third-order valence-corrected chi connectivity index (χ3v) is 2.66. The lowest BCUT2D eigenvalue weighted by Crippen LogP contribution is -2.24. The molecule has 1 atom stereocenters. The summed E-state index contributed by atoms with van der Waals surface area (Å²) in [5.74, 6) is 0. The Balaban J connectivity index is 2.63. The highest BCUT2D eigenvalue weighted by Crippen LogP contribution is 2.14. The lowest BCUT2D eigenvalue weighted by Gasteiger charge is -2.18. The van der Waals surface area contributed by atoms with Crippen molar-refractivity contribution in [3.05, 3.63) is 29.8 Å². The Morgan fingerprint density at radius 3 is 2.71 bits per heavy atom. The Bertz CT molecular complexity index is 326. The van der Waals surface area contributed by atoms with Gasteiger partial charge >= 0.3 is 0 Å². The van der Waals surface area contributed by atoms with Crippen molar-refractivity contribution in [1.29, 1.82) is 0 Å². The van der Waals surface area contributed by atoms with Gasteiger partial charge in [-0.05, 0) is 38.2 Å². The highest BCUT2D eigenvalue weighted by Gasteiger charge is 2.05.